The molecular formula is C13H18O. The van der Waals surface area contributed by atoms with E-state index in [0.717, 1.165) is 12.8 Å². The highest BCUT2D eigenvalue weighted by atomic mass is 16.3. The summed E-state index contributed by atoms with van der Waals surface area (Å²) in [5, 5.41) is 9.70. The number of benzene rings is 1. The van der Waals surface area contributed by atoms with Gasteiger partial charge in [0.15, 0.2) is 0 Å². The normalized spacial score (nSPS) is 32.1. The molecule has 1 aliphatic rings. The molecule has 0 amide bonds. The van der Waals surface area contributed by atoms with Gasteiger partial charge in [0.25, 0.3) is 0 Å². The molecule has 76 valence electrons. The molecule has 14 heavy (non-hydrogen) atoms. The maximum Gasteiger partial charge on any atom is 0.0571 e. The zero-order valence-corrected chi connectivity index (χ0v) is 8.90. The van der Waals surface area contributed by atoms with Gasteiger partial charge in [0, 0.05) is 0 Å². The lowest BCUT2D eigenvalue weighted by Crippen LogP contribution is -2.14. The summed E-state index contributed by atoms with van der Waals surface area (Å²) in [6.45, 7) is 4.28. The molecule has 3 atom stereocenters. The van der Waals surface area contributed by atoms with Crippen molar-refractivity contribution in [3.63, 3.8) is 0 Å². The van der Waals surface area contributed by atoms with Crippen molar-refractivity contribution in [3.05, 3.63) is 35.4 Å². The van der Waals surface area contributed by atoms with Crippen LogP contribution < -0.4 is 0 Å². The lowest BCUT2D eigenvalue weighted by Gasteiger charge is -2.18. The first kappa shape index (κ1) is 9.72. The van der Waals surface area contributed by atoms with Crippen molar-refractivity contribution in [2.75, 3.05) is 0 Å². The Balaban J connectivity index is 2.23. The van der Waals surface area contributed by atoms with Gasteiger partial charge >= 0.3 is 0 Å². The third kappa shape index (κ3) is 1.69. The van der Waals surface area contributed by atoms with Gasteiger partial charge in [0.05, 0.1) is 6.10 Å². The molecule has 1 aromatic carbocycles. The Bertz CT molecular complexity index is 319. The van der Waals surface area contributed by atoms with Crippen molar-refractivity contribution in [3.8, 4) is 0 Å². The Morgan fingerprint density at radius 2 is 2.07 bits per heavy atom. The zero-order valence-electron chi connectivity index (χ0n) is 8.90. The van der Waals surface area contributed by atoms with Crippen molar-refractivity contribution in [2.24, 2.45) is 5.92 Å². The molecule has 0 spiro atoms. The second-order valence-electron chi connectivity index (χ2n) is 4.52. The van der Waals surface area contributed by atoms with Crippen molar-refractivity contribution in [2.45, 2.75) is 38.7 Å². The van der Waals surface area contributed by atoms with Crippen LogP contribution in [-0.4, -0.2) is 11.2 Å². The third-order valence-corrected chi connectivity index (χ3v) is 3.49. The van der Waals surface area contributed by atoms with Crippen LogP contribution in [0.5, 0.6) is 0 Å². The van der Waals surface area contributed by atoms with Crippen molar-refractivity contribution < 1.29 is 5.11 Å². The number of aliphatic hydroxyl groups is 1. The summed E-state index contributed by atoms with van der Waals surface area (Å²) < 4.78 is 0. The summed E-state index contributed by atoms with van der Waals surface area (Å²) in [7, 11) is 0. The average Bonchev–Trinajstić information content (AvgIpc) is 2.48. The molecule has 0 aromatic heterocycles. The molecule has 1 aliphatic carbocycles. The summed E-state index contributed by atoms with van der Waals surface area (Å²) in [4.78, 5) is 0. The van der Waals surface area contributed by atoms with Crippen LogP contribution in [0.3, 0.4) is 0 Å². The number of aryl methyl sites for hydroxylation is 1. The fourth-order valence-corrected chi connectivity index (χ4v) is 2.52. The van der Waals surface area contributed by atoms with Crippen molar-refractivity contribution in [1.82, 2.24) is 0 Å². The minimum Gasteiger partial charge on any atom is -0.393 e. The van der Waals surface area contributed by atoms with E-state index in [0.29, 0.717) is 11.8 Å². The fourth-order valence-electron chi connectivity index (χ4n) is 2.52. The Labute approximate surface area is 85.8 Å². The third-order valence-electron chi connectivity index (χ3n) is 3.49. The van der Waals surface area contributed by atoms with Gasteiger partial charge in [-0.1, -0.05) is 36.8 Å². The van der Waals surface area contributed by atoms with Gasteiger partial charge in [0.2, 0.25) is 0 Å². The Morgan fingerprint density at radius 3 is 2.64 bits per heavy atom. The lowest BCUT2D eigenvalue weighted by molar-refractivity contribution is 0.136. The largest absolute Gasteiger partial charge is 0.393 e. The first-order chi connectivity index (χ1) is 6.68. The molecule has 1 heteroatoms. The fraction of sp³-hybridized carbons (Fsp3) is 0.538. The Morgan fingerprint density at radius 1 is 1.29 bits per heavy atom. The SMILES string of the molecule is Cc1cccc(C2CCC(O)C2C)c1. The zero-order chi connectivity index (χ0) is 10.1. The van der Waals surface area contributed by atoms with Crippen molar-refractivity contribution >= 4 is 0 Å². The summed E-state index contributed by atoms with van der Waals surface area (Å²) >= 11 is 0. The van der Waals surface area contributed by atoms with Gasteiger partial charge in [-0.25, -0.2) is 0 Å². The Hall–Kier alpha value is -0.820. The van der Waals surface area contributed by atoms with Crippen LogP contribution >= 0.6 is 0 Å². The quantitative estimate of drug-likeness (QED) is 0.722. The molecular weight excluding hydrogens is 172 g/mol. The van der Waals surface area contributed by atoms with Crippen LogP contribution in [0.4, 0.5) is 0 Å². The maximum absolute atomic E-state index is 9.70. The van der Waals surface area contributed by atoms with E-state index < -0.39 is 0 Å². The van der Waals surface area contributed by atoms with Gasteiger partial charge in [-0.05, 0) is 37.2 Å². The molecule has 1 N–H and O–H groups in total. The second-order valence-corrected chi connectivity index (χ2v) is 4.52. The molecule has 0 saturated heterocycles. The van der Waals surface area contributed by atoms with E-state index in [4.69, 9.17) is 0 Å². The van der Waals surface area contributed by atoms with Gasteiger partial charge in [-0.3, -0.25) is 0 Å². The van der Waals surface area contributed by atoms with Gasteiger partial charge in [-0.15, -0.1) is 0 Å². The topological polar surface area (TPSA) is 20.2 Å². The van der Waals surface area contributed by atoms with Crippen LogP contribution in [0.1, 0.15) is 36.8 Å². The van der Waals surface area contributed by atoms with E-state index in [2.05, 4.69) is 38.1 Å². The molecule has 1 nitrogen and oxygen atoms in total. The van der Waals surface area contributed by atoms with E-state index in [9.17, 15) is 5.11 Å². The van der Waals surface area contributed by atoms with Crippen LogP contribution in [0, 0.1) is 12.8 Å². The summed E-state index contributed by atoms with van der Waals surface area (Å²) in [6, 6.07) is 8.67. The number of hydrogen-bond acceptors (Lipinski definition) is 1. The van der Waals surface area contributed by atoms with Crippen LogP contribution in [0.2, 0.25) is 0 Å². The number of aliphatic hydroxyl groups excluding tert-OH is 1. The highest BCUT2D eigenvalue weighted by Gasteiger charge is 2.32. The summed E-state index contributed by atoms with van der Waals surface area (Å²) in [5.41, 5.74) is 2.71. The van der Waals surface area contributed by atoms with Gasteiger partial charge < -0.3 is 5.11 Å². The molecule has 0 heterocycles. The molecule has 2 rings (SSSR count). The molecule has 0 radical (unpaired) electrons. The molecule has 1 saturated carbocycles. The predicted octanol–water partition coefficient (Wildman–Crippen LogP) is 2.87. The molecule has 0 bridgehead atoms. The van der Waals surface area contributed by atoms with Crippen LogP contribution in [-0.2, 0) is 0 Å². The number of rotatable bonds is 1. The minimum atomic E-state index is -0.0967. The lowest BCUT2D eigenvalue weighted by atomic mass is 9.89. The molecule has 0 aliphatic heterocycles. The van der Waals surface area contributed by atoms with E-state index in [-0.39, 0.29) is 6.10 Å². The highest BCUT2D eigenvalue weighted by Crippen LogP contribution is 2.39. The van der Waals surface area contributed by atoms with E-state index in [1.807, 2.05) is 0 Å². The molecule has 3 unspecified atom stereocenters. The summed E-state index contributed by atoms with van der Waals surface area (Å²) in [6.07, 6.45) is 1.99. The minimum absolute atomic E-state index is 0.0967. The maximum atomic E-state index is 9.70. The molecule has 1 fully saturated rings. The van der Waals surface area contributed by atoms with E-state index >= 15 is 0 Å². The summed E-state index contributed by atoms with van der Waals surface area (Å²) in [5.74, 6) is 0.974. The number of hydrogen-bond donors (Lipinski definition) is 1. The highest BCUT2D eigenvalue weighted by molar-refractivity contribution is 5.27. The Kier molecular flexibility index (Phi) is 2.60. The van der Waals surface area contributed by atoms with Crippen LogP contribution in [0.15, 0.2) is 24.3 Å². The van der Waals surface area contributed by atoms with Crippen LogP contribution in [0.25, 0.3) is 0 Å². The van der Waals surface area contributed by atoms with Gasteiger partial charge in [-0.2, -0.15) is 0 Å². The standard InChI is InChI=1S/C13H18O/c1-9-4-3-5-11(8-9)12-6-7-13(14)10(12)2/h3-5,8,10,12-14H,6-7H2,1-2H3. The predicted molar refractivity (Wildman–Crippen MR) is 58.3 cm³/mol. The van der Waals surface area contributed by atoms with E-state index in [1.54, 1.807) is 0 Å². The van der Waals surface area contributed by atoms with Crippen molar-refractivity contribution in [1.29, 1.82) is 0 Å². The first-order valence-corrected chi connectivity index (χ1v) is 5.43. The first-order valence-electron chi connectivity index (χ1n) is 5.43. The smallest absolute Gasteiger partial charge is 0.0571 e. The average molecular weight is 190 g/mol. The monoisotopic (exact) mass is 190 g/mol. The molecule has 1 aromatic rings. The second kappa shape index (κ2) is 3.74. The van der Waals surface area contributed by atoms with Gasteiger partial charge in [0.1, 0.15) is 0 Å². The van der Waals surface area contributed by atoms with E-state index in [1.165, 1.54) is 11.1 Å².